The summed E-state index contributed by atoms with van der Waals surface area (Å²) in [5.41, 5.74) is 2.03. The number of ether oxygens (including phenoxy) is 2. The van der Waals surface area contributed by atoms with E-state index < -0.39 is 0 Å². The minimum Gasteiger partial charge on any atom is -0.454 e. The SMILES string of the molecule is Cn1cnnc1SCC(=O)Nc1ccc(C(=O)NCc2ccc3c(c2)OCO3)cc1. The Bertz CT molecular complexity index is 1070. The Morgan fingerprint density at radius 2 is 1.93 bits per heavy atom. The van der Waals surface area contributed by atoms with Gasteiger partial charge < -0.3 is 24.7 Å². The molecular weight excluding hydrogens is 406 g/mol. The molecule has 2 N–H and O–H groups in total. The average molecular weight is 425 g/mol. The number of nitrogens with zero attached hydrogens (tertiary/aromatic N) is 3. The summed E-state index contributed by atoms with van der Waals surface area (Å²) in [6.45, 7) is 0.583. The molecule has 3 aromatic rings. The van der Waals surface area contributed by atoms with Crippen molar-refractivity contribution in [3.8, 4) is 11.5 Å². The van der Waals surface area contributed by atoms with Gasteiger partial charge in [0.05, 0.1) is 5.75 Å². The summed E-state index contributed by atoms with van der Waals surface area (Å²) in [6.07, 6.45) is 1.58. The number of amides is 2. The number of carbonyl (C=O) groups is 2. The fourth-order valence-electron chi connectivity index (χ4n) is 2.77. The first-order valence-electron chi connectivity index (χ1n) is 9.12. The lowest BCUT2D eigenvalue weighted by Crippen LogP contribution is -2.22. The minimum atomic E-state index is -0.205. The summed E-state index contributed by atoms with van der Waals surface area (Å²) in [5.74, 6) is 1.23. The number of nitrogens with one attached hydrogen (secondary N) is 2. The van der Waals surface area contributed by atoms with Crippen molar-refractivity contribution in [2.75, 3.05) is 17.9 Å². The zero-order valence-corrected chi connectivity index (χ0v) is 16.9. The van der Waals surface area contributed by atoms with Crippen LogP contribution in [0.1, 0.15) is 15.9 Å². The number of rotatable bonds is 7. The van der Waals surface area contributed by atoms with Crippen LogP contribution in [0, 0.1) is 0 Å². The van der Waals surface area contributed by atoms with Gasteiger partial charge in [0.2, 0.25) is 12.7 Å². The molecule has 2 heterocycles. The van der Waals surface area contributed by atoms with Gasteiger partial charge in [-0.2, -0.15) is 0 Å². The van der Waals surface area contributed by atoms with Crippen molar-refractivity contribution >= 4 is 29.3 Å². The van der Waals surface area contributed by atoms with Crippen LogP contribution in [-0.4, -0.2) is 39.1 Å². The molecule has 10 heteroatoms. The highest BCUT2D eigenvalue weighted by molar-refractivity contribution is 7.99. The highest BCUT2D eigenvalue weighted by atomic mass is 32.2. The van der Waals surface area contributed by atoms with Gasteiger partial charge in [-0.1, -0.05) is 17.8 Å². The summed E-state index contributed by atoms with van der Waals surface area (Å²) in [6, 6.07) is 12.3. The zero-order valence-electron chi connectivity index (χ0n) is 16.1. The van der Waals surface area contributed by atoms with E-state index >= 15 is 0 Å². The van der Waals surface area contributed by atoms with Gasteiger partial charge in [0, 0.05) is 24.8 Å². The van der Waals surface area contributed by atoms with Crippen molar-refractivity contribution in [3.63, 3.8) is 0 Å². The standard InChI is InChI=1S/C20H19N5O4S/c1-25-11-22-24-20(25)30-10-18(26)23-15-5-3-14(4-6-15)19(27)21-9-13-2-7-16-17(8-13)29-12-28-16/h2-8,11H,9-10,12H2,1H3,(H,21,27)(H,23,26). The van der Waals surface area contributed by atoms with Crippen molar-refractivity contribution in [1.29, 1.82) is 0 Å². The van der Waals surface area contributed by atoms with Crippen LogP contribution < -0.4 is 20.1 Å². The smallest absolute Gasteiger partial charge is 0.251 e. The fourth-order valence-corrected chi connectivity index (χ4v) is 3.46. The predicted molar refractivity (Wildman–Crippen MR) is 111 cm³/mol. The third kappa shape index (κ3) is 4.71. The van der Waals surface area contributed by atoms with Gasteiger partial charge >= 0.3 is 0 Å². The summed E-state index contributed by atoms with van der Waals surface area (Å²) in [7, 11) is 1.82. The number of thioether (sulfide) groups is 1. The summed E-state index contributed by atoms with van der Waals surface area (Å²) >= 11 is 1.30. The molecule has 30 heavy (non-hydrogen) atoms. The molecule has 0 saturated carbocycles. The summed E-state index contributed by atoms with van der Waals surface area (Å²) < 4.78 is 12.4. The topological polar surface area (TPSA) is 107 Å². The van der Waals surface area contributed by atoms with Crippen LogP contribution in [-0.2, 0) is 18.4 Å². The van der Waals surface area contributed by atoms with E-state index in [1.165, 1.54) is 11.8 Å². The van der Waals surface area contributed by atoms with Gasteiger partial charge in [0.15, 0.2) is 16.7 Å². The number of hydrogen-bond acceptors (Lipinski definition) is 7. The second-order valence-corrected chi connectivity index (χ2v) is 7.45. The van der Waals surface area contributed by atoms with Gasteiger partial charge in [-0.25, -0.2) is 0 Å². The maximum atomic E-state index is 12.4. The molecule has 0 atom stereocenters. The maximum Gasteiger partial charge on any atom is 0.251 e. The Labute approximate surface area is 176 Å². The molecule has 0 aliphatic carbocycles. The quantitative estimate of drug-likeness (QED) is 0.559. The number of aryl methyl sites for hydroxylation is 1. The molecule has 0 spiro atoms. The van der Waals surface area contributed by atoms with Crippen LogP contribution in [0.25, 0.3) is 0 Å². The second-order valence-electron chi connectivity index (χ2n) is 6.51. The molecule has 2 aromatic carbocycles. The number of hydrogen-bond donors (Lipinski definition) is 2. The van der Waals surface area contributed by atoms with Gasteiger partial charge in [-0.05, 0) is 42.0 Å². The van der Waals surface area contributed by atoms with Crippen molar-refractivity contribution in [3.05, 3.63) is 59.9 Å². The van der Waals surface area contributed by atoms with Crippen LogP contribution in [0.3, 0.4) is 0 Å². The molecular formula is C20H19N5O4S. The van der Waals surface area contributed by atoms with E-state index in [-0.39, 0.29) is 24.4 Å². The molecule has 0 unspecified atom stereocenters. The average Bonchev–Trinajstić information content (AvgIpc) is 3.39. The predicted octanol–water partition coefficient (Wildman–Crippen LogP) is 2.20. The summed E-state index contributed by atoms with van der Waals surface area (Å²) in [4.78, 5) is 24.5. The Hall–Kier alpha value is -3.53. The van der Waals surface area contributed by atoms with Gasteiger partial charge in [0.1, 0.15) is 6.33 Å². The third-order valence-electron chi connectivity index (χ3n) is 4.32. The largest absolute Gasteiger partial charge is 0.454 e. The van der Waals surface area contributed by atoms with Crippen LogP contribution in [0.4, 0.5) is 5.69 Å². The fraction of sp³-hybridized carbons (Fsp3) is 0.200. The Balaban J connectivity index is 1.26. The molecule has 0 saturated heterocycles. The number of carbonyl (C=O) groups excluding carboxylic acids is 2. The monoisotopic (exact) mass is 425 g/mol. The summed E-state index contributed by atoms with van der Waals surface area (Å²) in [5, 5.41) is 14.0. The molecule has 2 amide bonds. The normalized spacial score (nSPS) is 11.9. The lowest BCUT2D eigenvalue weighted by atomic mass is 10.1. The number of fused-ring (bicyclic) bond motifs is 1. The highest BCUT2D eigenvalue weighted by Crippen LogP contribution is 2.32. The number of benzene rings is 2. The van der Waals surface area contributed by atoms with Crippen LogP contribution >= 0.6 is 11.8 Å². The molecule has 1 aliphatic heterocycles. The second kappa shape index (κ2) is 8.87. The first kappa shape index (κ1) is 19.8. The van der Waals surface area contributed by atoms with Crippen LogP contribution in [0.5, 0.6) is 11.5 Å². The Kier molecular flexibility index (Phi) is 5.84. The van der Waals surface area contributed by atoms with Gasteiger partial charge in [0.25, 0.3) is 5.91 Å². The molecule has 154 valence electrons. The molecule has 0 bridgehead atoms. The minimum absolute atomic E-state index is 0.164. The molecule has 0 fully saturated rings. The third-order valence-corrected chi connectivity index (χ3v) is 5.36. The molecule has 9 nitrogen and oxygen atoms in total. The van der Waals surface area contributed by atoms with Crippen LogP contribution in [0.15, 0.2) is 53.9 Å². The Morgan fingerprint density at radius 1 is 1.13 bits per heavy atom. The van der Waals surface area contributed by atoms with Crippen molar-refractivity contribution < 1.29 is 19.1 Å². The Morgan fingerprint density at radius 3 is 2.70 bits per heavy atom. The molecule has 0 radical (unpaired) electrons. The molecule has 4 rings (SSSR count). The lowest BCUT2D eigenvalue weighted by Gasteiger charge is -2.08. The first-order chi connectivity index (χ1) is 14.6. The van der Waals surface area contributed by atoms with E-state index in [2.05, 4.69) is 20.8 Å². The van der Waals surface area contributed by atoms with Gasteiger partial charge in [-0.15, -0.1) is 10.2 Å². The number of aromatic nitrogens is 3. The van der Waals surface area contributed by atoms with E-state index in [1.54, 1.807) is 35.2 Å². The maximum absolute atomic E-state index is 12.4. The van der Waals surface area contributed by atoms with E-state index in [1.807, 2.05) is 25.2 Å². The van der Waals surface area contributed by atoms with Crippen molar-refractivity contribution in [2.24, 2.45) is 7.05 Å². The number of anilines is 1. The van der Waals surface area contributed by atoms with Crippen molar-refractivity contribution in [2.45, 2.75) is 11.7 Å². The van der Waals surface area contributed by atoms with Crippen molar-refractivity contribution in [1.82, 2.24) is 20.1 Å². The van der Waals surface area contributed by atoms with E-state index in [4.69, 9.17) is 9.47 Å². The van der Waals surface area contributed by atoms with Crippen LogP contribution in [0.2, 0.25) is 0 Å². The van der Waals surface area contributed by atoms with E-state index in [9.17, 15) is 9.59 Å². The van der Waals surface area contributed by atoms with E-state index in [0.717, 1.165) is 5.56 Å². The first-order valence-corrected chi connectivity index (χ1v) is 10.1. The van der Waals surface area contributed by atoms with Gasteiger partial charge in [-0.3, -0.25) is 9.59 Å². The molecule has 1 aromatic heterocycles. The molecule has 1 aliphatic rings. The lowest BCUT2D eigenvalue weighted by molar-refractivity contribution is -0.113. The zero-order chi connectivity index (χ0) is 20.9. The van der Waals surface area contributed by atoms with E-state index in [0.29, 0.717) is 34.5 Å². The highest BCUT2D eigenvalue weighted by Gasteiger charge is 2.14.